The van der Waals surface area contributed by atoms with Crippen molar-refractivity contribution in [2.45, 2.75) is 6.42 Å². The Morgan fingerprint density at radius 1 is 1.11 bits per heavy atom. The maximum absolute atomic E-state index is 13.3. The molecule has 2 rings (SSSR count). The number of carbonyl (C=O) groups excluding carboxylic acids is 1. The summed E-state index contributed by atoms with van der Waals surface area (Å²) in [6.45, 7) is 0. The fraction of sp³-hybridized carbons (Fsp3) is 0.0714. The zero-order chi connectivity index (χ0) is 13.8. The van der Waals surface area contributed by atoms with Crippen LogP contribution in [0.25, 0.3) is 0 Å². The average molecular weight is 263 g/mol. The van der Waals surface area contributed by atoms with Gasteiger partial charge in [-0.2, -0.15) is 0 Å². The molecule has 0 aromatic heterocycles. The second-order valence-corrected chi connectivity index (χ2v) is 4.02. The Hall–Kier alpha value is -2.43. The summed E-state index contributed by atoms with van der Waals surface area (Å²) in [5.41, 5.74) is 0.468. The zero-order valence-corrected chi connectivity index (χ0v) is 9.86. The van der Waals surface area contributed by atoms with Crippen molar-refractivity contribution in [1.29, 1.82) is 0 Å². The predicted molar refractivity (Wildman–Crippen MR) is 66.8 cm³/mol. The number of hydrogen-bond donors (Lipinski definition) is 2. The molecule has 0 unspecified atom stereocenters. The van der Waals surface area contributed by atoms with Crippen LogP contribution in [-0.4, -0.2) is 11.0 Å². The van der Waals surface area contributed by atoms with Crippen LogP contribution in [0.2, 0.25) is 0 Å². The van der Waals surface area contributed by atoms with Crippen LogP contribution in [0.3, 0.4) is 0 Å². The van der Waals surface area contributed by atoms with E-state index in [0.717, 1.165) is 18.2 Å². The normalized spacial score (nSPS) is 10.2. The number of carbonyl (C=O) groups is 1. The Kier molecular flexibility index (Phi) is 3.75. The van der Waals surface area contributed by atoms with Crippen molar-refractivity contribution in [1.82, 2.24) is 0 Å². The summed E-state index contributed by atoms with van der Waals surface area (Å²) in [7, 11) is 0. The summed E-state index contributed by atoms with van der Waals surface area (Å²) >= 11 is 0. The predicted octanol–water partition coefficient (Wildman–Crippen LogP) is 2.85. The average Bonchev–Trinajstić information content (AvgIpc) is 2.37. The lowest BCUT2D eigenvalue weighted by atomic mass is 10.1. The Morgan fingerprint density at radius 2 is 1.79 bits per heavy atom. The number of aromatic hydroxyl groups is 1. The lowest BCUT2D eigenvalue weighted by molar-refractivity contribution is -0.115. The molecule has 0 atom stereocenters. The highest BCUT2D eigenvalue weighted by atomic mass is 19.1. The number of benzene rings is 2. The van der Waals surface area contributed by atoms with Gasteiger partial charge in [0.25, 0.3) is 0 Å². The van der Waals surface area contributed by atoms with Crippen LogP contribution in [0.1, 0.15) is 5.56 Å². The highest BCUT2D eigenvalue weighted by Crippen LogP contribution is 2.16. The SMILES string of the molecule is O=C(Cc1ccc(O)cc1)Nc1cc(F)ccc1F. The molecular formula is C14H11F2NO2. The Labute approximate surface area is 108 Å². The second kappa shape index (κ2) is 5.48. The number of halogens is 2. The van der Waals surface area contributed by atoms with E-state index in [-0.39, 0.29) is 17.9 Å². The summed E-state index contributed by atoms with van der Waals surface area (Å²) in [5.74, 6) is -1.68. The number of anilines is 1. The van der Waals surface area contributed by atoms with E-state index in [0.29, 0.717) is 5.56 Å². The third kappa shape index (κ3) is 3.51. The number of phenols is 1. The molecule has 0 aliphatic carbocycles. The van der Waals surface area contributed by atoms with E-state index in [9.17, 15) is 13.6 Å². The van der Waals surface area contributed by atoms with E-state index in [2.05, 4.69) is 5.32 Å². The van der Waals surface area contributed by atoms with Crippen LogP contribution < -0.4 is 5.32 Å². The molecule has 0 bridgehead atoms. The Bertz CT molecular complexity index is 597. The van der Waals surface area contributed by atoms with E-state index in [1.54, 1.807) is 12.1 Å². The molecule has 2 aromatic carbocycles. The molecular weight excluding hydrogens is 252 g/mol. The van der Waals surface area contributed by atoms with Crippen molar-refractivity contribution >= 4 is 11.6 Å². The molecule has 0 heterocycles. The highest BCUT2D eigenvalue weighted by Gasteiger charge is 2.09. The number of hydrogen-bond acceptors (Lipinski definition) is 2. The minimum Gasteiger partial charge on any atom is -0.508 e. The van der Waals surface area contributed by atoms with Gasteiger partial charge in [-0.3, -0.25) is 4.79 Å². The lowest BCUT2D eigenvalue weighted by Crippen LogP contribution is -2.15. The molecule has 0 spiro atoms. The van der Waals surface area contributed by atoms with E-state index in [1.807, 2.05) is 0 Å². The molecule has 0 saturated carbocycles. The summed E-state index contributed by atoms with van der Waals surface area (Å²) < 4.78 is 26.2. The zero-order valence-electron chi connectivity index (χ0n) is 9.86. The Balaban J connectivity index is 2.05. The summed E-state index contributed by atoms with van der Waals surface area (Å²) in [5, 5.41) is 11.4. The van der Waals surface area contributed by atoms with Gasteiger partial charge in [-0.25, -0.2) is 8.78 Å². The number of phenolic OH excluding ortho intramolecular Hbond substituents is 1. The highest BCUT2D eigenvalue weighted by molar-refractivity contribution is 5.92. The monoisotopic (exact) mass is 263 g/mol. The molecule has 19 heavy (non-hydrogen) atoms. The summed E-state index contributed by atoms with van der Waals surface area (Å²) in [4.78, 5) is 11.7. The first-order chi connectivity index (χ1) is 9.04. The molecule has 0 aliphatic rings. The third-order valence-corrected chi connectivity index (χ3v) is 2.50. The van der Waals surface area contributed by atoms with Crippen LogP contribution in [-0.2, 0) is 11.2 Å². The van der Waals surface area contributed by atoms with Crippen molar-refractivity contribution in [3.8, 4) is 5.75 Å². The van der Waals surface area contributed by atoms with Crippen molar-refractivity contribution in [2.24, 2.45) is 0 Å². The third-order valence-electron chi connectivity index (χ3n) is 2.50. The van der Waals surface area contributed by atoms with Crippen LogP contribution in [0.5, 0.6) is 5.75 Å². The molecule has 2 N–H and O–H groups in total. The largest absolute Gasteiger partial charge is 0.508 e. The topological polar surface area (TPSA) is 49.3 Å². The number of rotatable bonds is 3. The fourth-order valence-corrected chi connectivity index (χ4v) is 1.59. The summed E-state index contributed by atoms with van der Waals surface area (Å²) in [6.07, 6.45) is 0.0102. The molecule has 2 aromatic rings. The van der Waals surface area contributed by atoms with E-state index in [4.69, 9.17) is 5.11 Å². The van der Waals surface area contributed by atoms with Crippen LogP contribution >= 0.6 is 0 Å². The van der Waals surface area contributed by atoms with E-state index >= 15 is 0 Å². The fourth-order valence-electron chi connectivity index (χ4n) is 1.59. The van der Waals surface area contributed by atoms with Crippen molar-refractivity contribution < 1.29 is 18.7 Å². The Morgan fingerprint density at radius 3 is 2.47 bits per heavy atom. The van der Waals surface area contributed by atoms with Gasteiger partial charge in [0.15, 0.2) is 0 Å². The van der Waals surface area contributed by atoms with Gasteiger partial charge in [-0.05, 0) is 29.8 Å². The molecule has 0 saturated heterocycles. The van der Waals surface area contributed by atoms with Crippen molar-refractivity contribution in [3.05, 3.63) is 59.7 Å². The molecule has 5 heteroatoms. The van der Waals surface area contributed by atoms with Crippen LogP contribution in [0.15, 0.2) is 42.5 Å². The van der Waals surface area contributed by atoms with Crippen molar-refractivity contribution in [3.63, 3.8) is 0 Å². The van der Waals surface area contributed by atoms with E-state index < -0.39 is 17.5 Å². The maximum Gasteiger partial charge on any atom is 0.228 e. The van der Waals surface area contributed by atoms with Gasteiger partial charge < -0.3 is 10.4 Å². The van der Waals surface area contributed by atoms with E-state index in [1.165, 1.54) is 12.1 Å². The second-order valence-electron chi connectivity index (χ2n) is 4.02. The first kappa shape index (κ1) is 13.0. The number of amides is 1. The lowest BCUT2D eigenvalue weighted by Gasteiger charge is -2.06. The minimum atomic E-state index is -0.694. The number of nitrogens with one attached hydrogen (secondary N) is 1. The van der Waals surface area contributed by atoms with Gasteiger partial charge in [-0.15, -0.1) is 0 Å². The quantitative estimate of drug-likeness (QED) is 0.894. The van der Waals surface area contributed by atoms with Crippen LogP contribution in [0, 0.1) is 11.6 Å². The summed E-state index contributed by atoms with van der Waals surface area (Å²) in [6, 6.07) is 8.91. The minimum absolute atomic E-state index is 0.0102. The van der Waals surface area contributed by atoms with Gasteiger partial charge in [0.2, 0.25) is 5.91 Å². The van der Waals surface area contributed by atoms with Gasteiger partial charge in [-0.1, -0.05) is 12.1 Å². The molecule has 1 amide bonds. The smallest absolute Gasteiger partial charge is 0.228 e. The first-order valence-corrected chi connectivity index (χ1v) is 5.57. The first-order valence-electron chi connectivity index (χ1n) is 5.57. The van der Waals surface area contributed by atoms with Gasteiger partial charge in [0.1, 0.15) is 17.4 Å². The van der Waals surface area contributed by atoms with Gasteiger partial charge >= 0.3 is 0 Å². The molecule has 98 valence electrons. The molecule has 0 radical (unpaired) electrons. The maximum atomic E-state index is 13.3. The van der Waals surface area contributed by atoms with Gasteiger partial charge in [0, 0.05) is 6.07 Å². The van der Waals surface area contributed by atoms with Crippen LogP contribution in [0.4, 0.5) is 14.5 Å². The molecule has 3 nitrogen and oxygen atoms in total. The molecule has 0 fully saturated rings. The van der Waals surface area contributed by atoms with Crippen molar-refractivity contribution in [2.75, 3.05) is 5.32 Å². The van der Waals surface area contributed by atoms with Gasteiger partial charge in [0.05, 0.1) is 12.1 Å². The molecule has 0 aliphatic heterocycles. The standard InChI is InChI=1S/C14H11F2NO2/c15-10-3-6-12(16)13(8-10)17-14(19)7-9-1-4-11(18)5-2-9/h1-6,8,18H,7H2,(H,17,19).